The van der Waals surface area contributed by atoms with E-state index in [-0.39, 0.29) is 17.9 Å². The summed E-state index contributed by atoms with van der Waals surface area (Å²) in [5.41, 5.74) is 1.59. The second-order valence-corrected chi connectivity index (χ2v) is 6.30. The third-order valence-corrected chi connectivity index (χ3v) is 3.34. The van der Waals surface area contributed by atoms with Crippen molar-refractivity contribution in [2.24, 2.45) is 0 Å². The molecule has 126 valence electrons. The highest BCUT2D eigenvalue weighted by Gasteiger charge is 2.19. The molecule has 0 saturated heterocycles. The number of carbonyl (C=O) groups is 3. The molecule has 23 heavy (non-hydrogen) atoms. The molecular formula is C17H24N2O4. The summed E-state index contributed by atoms with van der Waals surface area (Å²) >= 11 is 0. The lowest BCUT2D eigenvalue weighted by atomic mass is 9.86. The molecule has 0 aliphatic carbocycles. The number of carbonyl (C=O) groups excluding carboxylic acids is 3. The van der Waals surface area contributed by atoms with Crippen molar-refractivity contribution in [3.63, 3.8) is 0 Å². The Hall–Kier alpha value is -2.37. The fourth-order valence-corrected chi connectivity index (χ4v) is 1.79. The van der Waals surface area contributed by atoms with Crippen molar-refractivity contribution in [3.05, 3.63) is 35.4 Å². The first-order valence-electron chi connectivity index (χ1n) is 7.43. The predicted molar refractivity (Wildman–Crippen MR) is 87.1 cm³/mol. The summed E-state index contributed by atoms with van der Waals surface area (Å²) in [7, 11) is 1.45. The van der Waals surface area contributed by atoms with Crippen LogP contribution in [0.5, 0.6) is 0 Å². The first-order valence-corrected chi connectivity index (χ1v) is 7.43. The van der Waals surface area contributed by atoms with E-state index in [1.165, 1.54) is 14.0 Å². The molecule has 1 rings (SSSR count). The van der Waals surface area contributed by atoms with Crippen LogP contribution in [0, 0.1) is 0 Å². The number of likely N-dealkylation sites (N-methyl/N-ethyl adjacent to an activating group) is 1. The van der Waals surface area contributed by atoms with Gasteiger partial charge < -0.3 is 15.4 Å². The second-order valence-electron chi connectivity index (χ2n) is 6.30. The highest BCUT2D eigenvalue weighted by atomic mass is 16.5. The molecule has 0 aliphatic rings. The molecule has 1 aromatic carbocycles. The molecule has 0 fully saturated rings. The van der Waals surface area contributed by atoms with Crippen molar-refractivity contribution in [1.29, 1.82) is 0 Å². The Balaban J connectivity index is 2.61. The van der Waals surface area contributed by atoms with E-state index in [4.69, 9.17) is 4.74 Å². The maximum Gasteiger partial charge on any atom is 0.328 e. The van der Waals surface area contributed by atoms with Crippen LogP contribution in [-0.4, -0.2) is 37.5 Å². The van der Waals surface area contributed by atoms with Crippen LogP contribution in [0.4, 0.5) is 0 Å². The minimum absolute atomic E-state index is 0.00591. The minimum Gasteiger partial charge on any atom is -0.454 e. The van der Waals surface area contributed by atoms with Gasteiger partial charge in [-0.3, -0.25) is 9.59 Å². The van der Waals surface area contributed by atoms with Gasteiger partial charge >= 0.3 is 5.97 Å². The Morgan fingerprint density at radius 1 is 1.13 bits per heavy atom. The van der Waals surface area contributed by atoms with Gasteiger partial charge in [-0.05, 0) is 30.0 Å². The SMILES string of the molecule is CNC(=O)COC(=O)C(C)NC(=O)c1ccc(C(C)(C)C)cc1. The molecular weight excluding hydrogens is 296 g/mol. The van der Waals surface area contributed by atoms with Crippen molar-refractivity contribution in [2.75, 3.05) is 13.7 Å². The molecule has 0 spiro atoms. The van der Waals surface area contributed by atoms with Crippen molar-refractivity contribution < 1.29 is 19.1 Å². The van der Waals surface area contributed by atoms with Gasteiger partial charge in [0.25, 0.3) is 11.8 Å². The molecule has 0 radical (unpaired) electrons. The summed E-state index contributed by atoms with van der Waals surface area (Å²) < 4.78 is 4.79. The van der Waals surface area contributed by atoms with Crippen LogP contribution in [0.3, 0.4) is 0 Å². The van der Waals surface area contributed by atoms with Crippen LogP contribution in [0.25, 0.3) is 0 Å². The number of amides is 2. The topological polar surface area (TPSA) is 84.5 Å². The molecule has 6 nitrogen and oxygen atoms in total. The predicted octanol–water partition coefficient (Wildman–Crippen LogP) is 1.39. The molecule has 1 unspecified atom stereocenters. The van der Waals surface area contributed by atoms with Gasteiger partial charge in [0.2, 0.25) is 0 Å². The highest BCUT2D eigenvalue weighted by molar-refractivity contribution is 5.96. The van der Waals surface area contributed by atoms with E-state index in [2.05, 4.69) is 31.4 Å². The lowest BCUT2D eigenvalue weighted by molar-refractivity contribution is -0.149. The van der Waals surface area contributed by atoms with Crippen molar-refractivity contribution >= 4 is 17.8 Å². The average Bonchev–Trinajstić information content (AvgIpc) is 2.51. The van der Waals surface area contributed by atoms with Crippen LogP contribution in [0.15, 0.2) is 24.3 Å². The van der Waals surface area contributed by atoms with E-state index in [0.717, 1.165) is 5.56 Å². The van der Waals surface area contributed by atoms with Crippen molar-refractivity contribution in [3.8, 4) is 0 Å². The Kier molecular flexibility index (Phi) is 6.30. The van der Waals surface area contributed by atoms with Gasteiger partial charge in [-0.1, -0.05) is 32.9 Å². The van der Waals surface area contributed by atoms with Crippen molar-refractivity contribution in [2.45, 2.75) is 39.2 Å². The van der Waals surface area contributed by atoms with Crippen molar-refractivity contribution in [1.82, 2.24) is 10.6 Å². The average molecular weight is 320 g/mol. The molecule has 2 amide bonds. The number of ether oxygens (including phenoxy) is 1. The lowest BCUT2D eigenvalue weighted by Crippen LogP contribution is -2.40. The molecule has 0 bridgehead atoms. The largest absolute Gasteiger partial charge is 0.454 e. The van der Waals surface area contributed by atoms with Crippen LogP contribution < -0.4 is 10.6 Å². The second kappa shape index (κ2) is 7.76. The highest BCUT2D eigenvalue weighted by Crippen LogP contribution is 2.22. The fraction of sp³-hybridized carbons (Fsp3) is 0.471. The van der Waals surface area contributed by atoms with E-state index < -0.39 is 17.9 Å². The van der Waals surface area contributed by atoms with Crippen LogP contribution >= 0.6 is 0 Å². The zero-order valence-corrected chi connectivity index (χ0v) is 14.2. The normalized spacial score (nSPS) is 12.2. The summed E-state index contributed by atoms with van der Waals surface area (Å²) in [6.45, 7) is 7.41. The first-order chi connectivity index (χ1) is 10.6. The molecule has 0 aromatic heterocycles. The van der Waals surface area contributed by atoms with E-state index in [1.807, 2.05) is 12.1 Å². The number of esters is 1. The van der Waals surface area contributed by atoms with Gasteiger partial charge in [0.15, 0.2) is 6.61 Å². The van der Waals surface area contributed by atoms with Gasteiger partial charge in [0.1, 0.15) is 6.04 Å². The van der Waals surface area contributed by atoms with Gasteiger partial charge in [0, 0.05) is 12.6 Å². The zero-order chi connectivity index (χ0) is 17.6. The number of benzene rings is 1. The number of rotatable bonds is 5. The fourth-order valence-electron chi connectivity index (χ4n) is 1.79. The van der Waals surface area contributed by atoms with Gasteiger partial charge in [-0.25, -0.2) is 4.79 Å². The van der Waals surface area contributed by atoms with E-state index >= 15 is 0 Å². The molecule has 1 atom stereocenters. The van der Waals surface area contributed by atoms with Crippen LogP contribution in [0.1, 0.15) is 43.6 Å². The summed E-state index contributed by atoms with van der Waals surface area (Å²) in [5, 5.41) is 4.89. The van der Waals surface area contributed by atoms with Gasteiger partial charge in [0.05, 0.1) is 0 Å². The lowest BCUT2D eigenvalue weighted by Gasteiger charge is -2.19. The Labute approximate surface area is 136 Å². The van der Waals surface area contributed by atoms with Gasteiger partial charge in [-0.15, -0.1) is 0 Å². The van der Waals surface area contributed by atoms with Gasteiger partial charge in [-0.2, -0.15) is 0 Å². The third-order valence-electron chi connectivity index (χ3n) is 3.34. The Morgan fingerprint density at radius 2 is 1.70 bits per heavy atom. The summed E-state index contributed by atoms with van der Waals surface area (Å²) in [6, 6.07) is 6.39. The maximum absolute atomic E-state index is 12.1. The summed E-state index contributed by atoms with van der Waals surface area (Å²) in [6.07, 6.45) is 0. The Morgan fingerprint density at radius 3 is 2.17 bits per heavy atom. The zero-order valence-electron chi connectivity index (χ0n) is 14.2. The van der Waals surface area contributed by atoms with Crippen LogP contribution in [-0.2, 0) is 19.7 Å². The van der Waals surface area contributed by atoms with Crippen LogP contribution in [0.2, 0.25) is 0 Å². The standard InChI is InChI=1S/C17H24N2O4/c1-11(16(22)23-10-14(20)18-5)19-15(21)12-6-8-13(9-7-12)17(2,3)4/h6-9,11H,10H2,1-5H3,(H,18,20)(H,19,21). The smallest absolute Gasteiger partial charge is 0.328 e. The van der Waals surface area contributed by atoms with E-state index in [9.17, 15) is 14.4 Å². The molecule has 1 aromatic rings. The molecule has 0 heterocycles. The number of hydrogen-bond donors (Lipinski definition) is 2. The molecule has 2 N–H and O–H groups in total. The maximum atomic E-state index is 12.1. The number of hydrogen-bond acceptors (Lipinski definition) is 4. The molecule has 0 aliphatic heterocycles. The summed E-state index contributed by atoms with van der Waals surface area (Å²) in [5.74, 6) is -1.43. The monoisotopic (exact) mass is 320 g/mol. The number of nitrogens with one attached hydrogen (secondary N) is 2. The van der Waals surface area contributed by atoms with E-state index in [0.29, 0.717) is 5.56 Å². The minimum atomic E-state index is -0.838. The summed E-state index contributed by atoms with van der Waals surface area (Å²) in [4.78, 5) is 34.8. The van der Waals surface area contributed by atoms with E-state index in [1.54, 1.807) is 12.1 Å². The first kappa shape index (κ1) is 18.7. The Bertz CT molecular complexity index is 573. The quantitative estimate of drug-likeness (QED) is 0.803. The molecule has 6 heteroatoms. The third kappa shape index (κ3) is 5.73. The molecule has 0 saturated carbocycles.